The van der Waals surface area contributed by atoms with Crippen LogP contribution in [0.25, 0.3) is 21.5 Å². The highest BCUT2D eigenvalue weighted by molar-refractivity contribution is 9.11. The molecule has 4 rings (SSSR count). The van der Waals surface area contributed by atoms with Crippen LogP contribution >= 0.6 is 31.9 Å². The highest BCUT2D eigenvalue weighted by Gasteiger charge is 2.17. The molecule has 0 radical (unpaired) electrons. The van der Waals surface area contributed by atoms with Gasteiger partial charge in [-0.1, -0.05) is 31.9 Å². The zero-order valence-corrected chi connectivity index (χ0v) is 19.1. The van der Waals surface area contributed by atoms with Crippen molar-refractivity contribution in [3.05, 3.63) is 88.6 Å². The number of pyridine rings is 2. The van der Waals surface area contributed by atoms with E-state index >= 15 is 0 Å². The Kier molecular flexibility index (Phi) is 6.09. The monoisotopic (exact) mass is 534 g/mol. The van der Waals surface area contributed by atoms with Crippen molar-refractivity contribution in [2.45, 2.75) is 0 Å². The van der Waals surface area contributed by atoms with Gasteiger partial charge in [0.1, 0.15) is 5.39 Å². The molecule has 154 valence electrons. The van der Waals surface area contributed by atoms with Gasteiger partial charge in [0.2, 0.25) is 0 Å². The summed E-state index contributed by atoms with van der Waals surface area (Å²) in [6.45, 7) is 0. The fraction of sp³-hybridized carbons (Fsp3) is 0.100. The summed E-state index contributed by atoms with van der Waals surface area (Å²) in [4.78, 5) is 33.9. The summed E-state index contributed by atoms with van der Waals surface area (Å²) >= 11 is 6.65. The maximum Gasteiger partial charge on any atom is 0.282 e. The second-order valence-electron chi connectivity index (χ2n) is 6.50. The predicted octanol–water partition coefficient (Wildman–Crippen LogP) is 4.09. The molecular weight excluding hydrogens is 520 g/mol. The molecule has 2 N–H and O–H groups in total. The van der Waals surface area contributed by atoms with Gasteiger partial charge in [0.25, 0.3) is 16.8 Å². The number of aryl methyl sites for hydroxylation is 2. The van der Waals surface area contributed by atoms with Crippen LogP contribution in [0.2, 0.25) is 0 Å². The van der Waals surface area contributed by atoms with Gasteiger partial charge in [-0.2, -0.15) is 0 Å². The van der Waals surface area contributed by atoms with Crippen molar-refractivity contribution in [1.82, 2.24) is 9.13 Å². The van der Waals surface area contributed by atoms with Crippen LogP contribution in [-0.4, -0.2) is 14.1 Å². The third kappa shape index (κ3) is 3.88. The van der Waals surface area contributed by atoms with Gasteiger partial charge in [-0.05, 0) is 30.3 Å². The lowest BCUT2D eigenvalue weighted by molar-refractivity contribution is -0.383. The summed E-state index contributed by atoms with van der Waals surface area (Å²) in [5.41, 5.74) is 5.67. The summed E-state index contributed by atoms with van der Waals surface area (Å²) in [6, 6.07) is 10.0. The van der Waals surface area contributed by atoms with Crippen molar-refractivity contribution < 1.29 is 4.92 Å². The van der Waals surface area contributed by atoms with Crippen LogP contribution in [0.5, 0.6) is 0 Å². The molecule has 4 aromatic rings. The first-order valence-electron chi connectivity index (χ1n) is 8.59. The quantitative estimate of drug-likeness (QED) is 0.224. The lowest BCUT2D eigenvalue weighted by Gasteiger charge is -2.05. The Hall–Kier alpha value is -2.98. The van der Waals surface area contributed by atoms with E-state index in [1.165, 1.54) is 15.2 Å². The molecule has 0 bridgehead atoms. The minimum atomic E-state index is -0.545. The van der Waals surface area contributed by atoms with Crippen LogP contribution < -0.4 is 16.9 Å². The smallest absolute Gasteiger partial charge is 0.282 e. The largest absolute Gasteiger partial charge is 0.398 e. The topological polar surface area (TPSA) is 113 Å². The van der Waals surface area contributed by atoms with Crippen molar-refractivity contribution in [2.75, 3.05) is 5.73 Å². The van der Waals surface area contributed by atoms with Crippen molar-refractivity contribution >= 4 is 64.8 Å². The zero-order valence-electron chi connectivity index (χ0n) is 15.9. The van der Waals surface area contributed by atoms with Gasteiger partial charge in [-0.15, -0.1) is 0 Å². The number of nitrogens with zero attached hydrogens (tertiary/aromatic N) is 3. The number of rotatable bonds is 1. The number of nitro benzene ring substituents is 1. The maximum absolute atomic E-state index is 11.8. The van der Waals surface area contributed by atoms with E-state index in [1.807, 2.05) is 12.1 Å². The summed E-state index contributed by atoms with van der Waals surface area (Å²) in [5, 5.41) is 12.9. The first-order chi connectivity index (χ1) is 14.1. The van der Waals surface area contributed by atoms with Gasteiger partial charge in [-0.3, -0.25) is 19.7 Å². The molecule has 0 fully saturated rings. The van der Waals surface area contributed by atoms with Crippen molar-refractivity contribution in [1.29, 1.82) is 0 Å². The molecule has 0 aliphatic rings. The number of nitrogen functional groups attached to an aromatic ring is 1. The number of hydrogen-bond acceptors (Lipinski definition) is 5. The Morgan fingerprint density at radius 1 is 0.833 bits per heavy atom. The van der Waals surface area contributed by atoms with Crippen LogP contribution in [0.1, 0.15) is 0 Å². The normalized spacial score (nSPS) is 10.7. The number of nitrogens with two attached hydrogens (primary N) is 1. The van der Waals surface area contributed by atoms with E-state index in [9.17, 15) is 19.7 Å². The Morgan fingerprint density at radius 2 is 1.30 bits per heavy atom. The molecule has 0 spiro atoms. The fourth-order valence-electron chi connectivity index (χ4n) is 3.00. The zero-order chi connectivity index (χ0) is 22.2. The summed E-state index contributed by atoms with van der Waals surface area (Å²) in [5.74, 6) is 0. The number of benzene rings is 2. The lowest BCUT2D eigenvalue weighted by atomic mass is 10.1. The summed E-state index contributed by atoms with van der Waals surface area (Å²) in [7, 11) is 3.27. The van der Waals surface area contributed by atoms with Crippen LogP contribution in [0, 0.1) is 10.1 Å². The Bertz CT molecular complexity index is 1430. The van der Waals surface area contributed by atoms with E-state index in [0.29, 0.717) is 20.9 Å². The van der Waals surface area contributed by atoms with E-state index in [0.717, 1.165) is 9.86 Å². The minimum Gasteiger partial charge on any atom is -0.398 e. The number of fused-ring (bicyclic) bond motifs is 2. The number of nitro groups is 1. The van der Waals surface area contributed by atoms with E-state index in [-0.39, 0.29) is 22.2 Å². The van der Waals surface area contributed by atoms with Gasteiger partial charge in [0.15, 0.2) is 0 Å². The van der Waals surface area contributed by atoms with Crippen molar-refractivity contribution in [3.63, 3.8) is 0 Å². The highest BCUT2D eigenvalue weighted by atomic mass is 79.9. The number of aromatic nitrogens is 2. The molecule has 2 heterocycles. The van der Waals surface area contributed by atoms with Crippen LogP contribution in [0.4, 0.5) is 11.4 Å². The maximum atomic E-state index is 11.8. The molecule has 0 aliphatic heterocycles. The number of halogens is 2. The molecule has 30 heavy (non-hydrogen) atoms. The molecule has 10 heteroatoms. The molecule has 0 aliphatic carbocycles. The van der Waals surface area contributed by atoms with Crippen molar-refractivity contribution in [3.8, 4) is 0 Å². The molecule has 0 saturated heterocycles. The average molecular weight is 536 g/mol. The molecular formula is C20H16Br2N4O4. The second kappa shape index (κ2) is 8.41. The molecule has 0 amide bonds. The van der Waals surface area contributed by atoms with Gasteiger partial charge < -0.3 is 14.9 Å². The third-order valence-corrected chi connectivity index (χ3v) is 5.97. The molecule has 0 atom stereocenters. The summed E-state index contributed by atoms with van der Waals surface area (Å²) < 4.78 is 4.40. The van der Waals surface area contributed by atoms with Crippen molar-refractivity contribution in [2.24, 2.45) is 14.1 Å². The predicted molar refractivity (Wildman–Crippen MR) is 125 cm³/mol. The van der Waals surface area contributed by atoms with E-state index in [4.69, 9.17) is 5.73 Å². The number of non-ortho nitro benzene ring substituents is 1. The fourth-order valence-corrected chi connectivity index (χ4v) is 3.92. The van der Waals surface area contributed by atoms with Crippen LogP contribution in [0.3, 0.4) is 0 Å². The van der Waals surface area contributed by atoms with Gasteiger partial charge in [0.05, 0.1) is 10.3 Å². The van der Waals surface area contributed by atoms with Gasteiger partial charge >= 0.3 is 0 Å². The summed E-state index contributed by atoms with van der Waals surface area (Å²) in [6.07, 6.45) is 3.31. The Morgan fingerprint density at radius 3 is 1.83 bits per heavy atom. The van der Waals surface area contributed by atoms with E-state index < -0.39 is 4.92 Å². The van der Waals surface area contributed by atoms with Gasteiger partial charge in [0, 0.05) is 58.0 Å². The first-order valence-corrected chi connectivity index (χ1v) is 10.2. The van der Waals surface area contributed by atoms with E-state index in [1.54, 1.807) is 44.7 Å². The van der Waals surface area contributed by atoms with Crippen LogP contribution in [-0.2, 0) is 14.1 Å². The second-order valence-corrected chi connectivity index (χ2v) is 8.21. The molecule has 2 aromatic heterocycles. The van der Waals surface area contributed by atoms with Crippen LogP contribution in [0.15, 0.2) is 67.3 Å². The lowest BCUT2D eigenvalue weighted by Crippen LogP contribution is -2.16. The highest BCUT2D eigenvalue weighted by Crippen LogP contribution is 2.28. The first kappa shape index (κ1) is 21.7. The Labute approximate surface area is 186 Å². The average Bonchev–Trinajstić information content (AvgIpc) is 2.70. The SMILES string of the molecule is Cn1ccc2c(Br)ccc(N)c2c1=O.Cn1ccc2c(Br)ccc([N+](=O)[O-])c2c1=O. The molecule has 0 saturated carbocycles. The molecule has 2 aromatic carbocycles. The molecule has 0 unspecified atom stereocenters. The molecule has 8 nitrogen and oxygen atoms in total. The third-order valence-electron chi connectivity index (χ3n) is 4.59. The van der Waals surface area contributed by atoms with Gasteiger partial charge in [-0.25, -0.2) is 0 Å². The van der Waals surface area contributed by atoms with E-state index in [2.05, 4.69) is 31.9 Å². The standard InChI is InChI=1S/C10H7BrN2O3.C10H9BrN2O/c1-12-5-4-6-7(11)2-3-8(13(15)16)9(6)10(12)14;1-13-5-4-6-7(11)2-3-8(12)9(6)10(13)14/h2-5H,1H3;2-5H,12H2,1H3. The Balaban J connectivity index is 0.000000172. The number of hydrogen-bond donors (Lipinski definition) is 1. The minimum absolute atomic E-state index is 0.0682. The number of anilines is 1.